The summed E-state index contributed by atoms with van der Waals surface area (Å²) >= 11 is 0. The second-order valence-electron chi connectivity index (χ2n) is 5.65. The van der Waals surface area contributed by atoms with E-state index in [1.54, 1.807) is 11.1 Å². The quantitative estimate of drug-likeness (QED) is 0.730. The Balaban J connectivity index is 1.82. The Bertz CT molecular complexity index is 615. The maximum absolute atomic E-state index is 2.53. The fourth-order valence-electron chi connectivity index (χ4n) is 3.60. The van der Waals surface area contributed by atoms with E-state index in [4.69, 9.17) is 0 Å². The SMILES string of the molecule is c1ccc2c(c1)CCN2c1cccc2c1CCCC2. The molecule has 19 heavy (non-hydrogen) atoms. The third-order valence-corrected chi connectivity index (χ3v) is 4.55. The summed E-state index contributed by atoms with van der Waals surface area (Å²) in [5.41, 5.74) is 7.55. The highest BCUT2D eigenvalue weighted by Gasteiger charge is 2.23. The number of para-hydroxylation sites is 1. The molecule has 4 rings (SSSR count). The van der Waals surface area contributed by atoms with Crippen LogP contribution in [0.4, 0.5) is 11.4 Å². The first-order valence-electron chi connectivity index (χ1n) is 7.40. The maximum Gasteiger partial charge on any atom is 0.0446 e. The minimum atomic E-state index is 1.13. The minimum Gasteiger partial charge on any atom is -0.341 e. The van der Waals surface area contributed by atoms with Crippen LogP contribution in [0.25, 0.3) is 0 Å². The molecular formula is C18H19N. The van der Waals surface area contributed by atoms with Gasteiger partial charge in [0.05, 0.1) is 0 Å². The second kappa shape index (κ2) is 4.41. The summed E-state index contributed by atoms with van der Waals surface area (Å²) in [6.45, 7) is 1.13. The van der Waals surface area contributed by atoms with Crippen LogP contribution in [-0.4, -0.2) is 6.54 Å². The molecule has 0 amide bonds. The van der Waals surface area contributed by atoms with Crippen molar-refractivity contribution in [2.75, 3.05) is 11.4 Å². The standard InChI is InChI=1S/C18H19N/c1-3-9-16-14(6-1)8-5-11-18(16)19-13-12-15-7-2-4-10-17(15)19/h2,4-5,7-8,10-11H,1,3,6,9,12-13H2. The Morgan fingerprint density at radius 3 is 2.47 bits per heavy atom. The molecule has 1 heterocycles. The molecular weight excluding hydrogens is 230 g/mol. The molecule has 2 aromatic carbocycles. The van der Waals surface area contributed by atoms with Crippen LogP contribution in [0.2, 0.25) is 0 Å². The molecule has 0 aromatic heterocycles. The van der Waals surface area contributed by atoms with Crippen molar-refractivity contribution in [3.8, 4) is 0 Å². The van der Waals surface area contributed by atoms with E-state index >= 15 is 0 Å². The van der Waals surface area contributed by atoms with Gasteiger partial charge >= 0.3 is 0 Å². The molecule has 1 heteroatoms. The third-order valence-electron chi connectivity index (χ3n) is 4.55. The van der Waals surface area contributed by atoms with Crippen molar-refractivity contribution in [2.24, 2.45) is 0 Å². The number of hydrogen-bond donors (Lipinski definition) is 0. The van der Waals surface area contributed by atoms with Crippen molar-refractivity contribution in [1.82, 2.24) is 0 Å². The number of rotatable bonds is 1. The molecule has 0 atom stereocenters. The van der Waals surface area contributed by atoms with Gasteiger partial charge in [0.2, 0.25) is 0 Å². The van der Waals surface area contributed by atoms with E-state index in [1.165, 1.54) is 49.0 Å². The number of fused-ring (bicyclic) bond motifs is 2. The summed E-state index contributed by atoms with van der Waals surface area (Å²) < 4.78 is 0. The van der Waals surface area contributed by atoms with Crippen LogP contribution in [0, 0.1) is 0 Å². The summed E-state index contributed by atoms with van der Waals surface area (Å²) in [5, 5.41) is 0. The van der Waals surface area contributed by atoms with E-state index in [-0.39, 0.29) is 0 Å². The maximum atomic E-state index is 2.53. The van der Waals surface area contributed by atoms with Gasteiger partial charge in [-0.1, -0.05) is 30.3 Å². The number of hydrogen-bond acceptors (Lipinski definition) is 1. The molecule has 0 saturated carbocycles. The summed E-state index contributed by atoms with van der Waals surface area (Å²) in [6, 6.07) is 15.7. The average molecular weight is 249 g/mol. The smallest absolute Gasteiger partial charge is 0.0446 e. The van der Waals surface area contributed by atoms with Gasteiger partial charge in [-0.2, -0.15) is 0 Å². The minimum absolute atomic E-state index is 1.13. The topological polar surface area (TPSA) is 3.24 Å². The van der Waals surface area contributed by atoms with Crippen molar-refractivity contribution in [2.45, 2.75) is 32.1 Å². The van der Waals surface area contributed by atoms with Crippen molar-refractivity contribution >= 4 is 11.4 Å². The normalized spacial score (nSPS) is 17.2. The van der Waals surface area contributed by atoms with Crippen LogP contribution in [0.5, 0.6) is 0 Å². The lowest BCUT2D eigenvalue weighted by Gasteiger charge is -2.26. The van der Waals surface area contributed by atoms with Gasteiger partial charge < -0.3 is 4.90 Å². The van der Waals surface area contributed by atoms with E-state index in [1.807, 2.05) is 0 Å². The van der Waals surface area contributed by atoms with E-state index < -0.39 is 0 Å². The highest BCUT2D eigenvalue weighted by atomic mass is 15.2. The number of anilines is 2. The lowest BCUT2D eigenvalue weighted by atomic mass is 9.90. The van der Waals surface area contributed by atoms with Crippen molar-refractivity contribution in [3.63, 3.8) is 0 Å². The molecule has 0 radical (unpaired) electrons. The fourth-order valence-corrected chi connectivity index (χ4v) is 3.60. The zero-order chi connectivity index (χ0) is 12.7. The molecule has 0 spiro atoms. The van der Waals surface area contributed by atoms with Crippen LogP contribution >= 0.6 is 0 Å². The molecule has 1 nitrogen and oxygen atoms in total. The average Bonchev–Trinajstić information content (AvgIpc) is 2.90. The fraction of sp³-hybridized carbons (Fsp3) is 0.333. The molecule has 0 bridgehead atoms. The van der Waals surface area contributed by atoms with Crippen LogP contribution in [0.15, 0.2) is 42.5 Å². The summed E-state index contributed by atoms with van der Waals surface area (Å²) in [7, 11) is 0. The monoisotopic (exact) mass is 249 g/mol. The Kier molecular flexibility index (Phi) is 2.58. The van der Waals surface area contributed by atoms with E-state index in [9.17, 15) is 0 Å². The second-order valence-corrected chi connectivity index (χ2v) is 5.65. The van der Waals surface area contributed by atoms with E-state index in [2.05, 4.69) is 47.4 Å². The predicted molar refractivity (Wildman–Crippen MR) is 80.2 cm³/mol. The Labute approximate surface area is 114 Å². The first-order chi connectivity index (χ1) is 9.43. The molecule has 2 aliphatic rings. The van der Waals surface area contributed by atoms with Gasteiger partial charge in [0.1, 0.15) is 0 Å². The molecule has 0 unspecified atom stereocenters. The van der Waals surface area contributed by atoms with E-state index in [0.29, 0.717) is 0 Å². The van der Waals surface area contributed by atoms with Crippen LogP contribution in [-0.2, 0) is 19.3 Å². The van der Waals surface area contributed by atoms with Crippen molar-refractivity contribution < 1.29 is 0 Å². The first kappa shape index (κ1) is 11.1. The predicted octanol–water partition coefficient (Wildman–Crippen LogP) is 4.26. The molecule has 1 aliphatic heterocycles. The van der Waals surface area contributed by atoms with Gasteiger partial charge in [-0.15, -0.1) is 0 Å². The van der Waals surface area contributed by atoms with Gasteiger partial charge in [-0.25, -0.2) is 0 Å². The van der Waals surface area contributed by atoms with Gasteiger partial charge in [0.25, 0.3) is 0 Å². The van der Waals surface area contributed by atoms with E-state index in [0.717, 1.165) is 6.54 Å². The Morgan fingerprint density at radius 1 is 0.684 bits per heavy atom. The first-order valence-corrected chi connectivity index (χ1v) is 7.40. The highest BCUT2D eigenvalue weighted by Crippen LogP contribution is 2.38. The Morgan fingerprint density at radius 2 is 1.47 bits per heavy atom. The summed E-state index contributed by atoms with van der Waals surface area (Å²) in [4.78, 5) is 2.53. The van der Waals surface area contributed by atoms with Gasteiger partial charge in [-0.3, -0.25) is 0 Å². The number of nitrogens with zero attached hydrogens (tertiary/aromatic N) is 1. The molecule has 96 valence electrons. The molecule has 0 saturated heterocycles. The Hall–Kier alpha value is -1.76. The lowest BCUT2D eigenvalue weighted by Crippen LogP contribution is -2.17. The third kappa shape index (κ3) is 1.76. The largest absolute Gasteiger partial charge is 0.341 e. The highest BCUT2D eigenvalue weighted by molar-refractivity contribution is 5.73. The molecule has 1 aliphatic carbocycles. The zero-order valence-electron chi connectivity index (χ0n) is 11.2. The van der Waals surface area contributed by atoms with Crippen molar-refractivity contribution in [3.05, 3.63) is 59.2 Å². The van der Waals surface area contributed by atoms with Gasteiger partial charge in [-0.05, 0) is 60.9 Å². The molecule has 0 fully saturated rings. The zero-order valence-corrected chi connectivity index (χ0v) is 11.2. The number of benzene rings is 2. The number of aryl methyl sites for hydroxylation is 1. The molecule has 0 N–H and O–H groups in total. The molecule has 2 aromatic rings. The summed E-state index contributed by atoms with van der Waals surface area (Å²) in [5.74, 6) is 0. The van der Waals surface area contributed by atoms with Crippen LogP contribution in [0.1, 0.15) is 29.5 Å². The van der Waals surface area contributed by atoms with Crippen LogP contribution < -0.4 is 4.90 Å². The summed E-state index contributed by atoms with van der Waals surface area (Å²) in [6.07, 6.45) is 6.40. The van der Waals surface area contributed by atoms with Gasteiger partial charge in [0, 0.05) is 17.9 Å². The van der Waals surface area contributed by atoms with Gasteiger partial charge in [0.15, 0.2) is 0 Å². The van der Waals surface area contributed by atoms with Crippen molar-refractivity contribution in [1.29, 1.82) is 0 Å². The lowest BCUT2D eigenvalue weighted by molar-refractivity contribution is 0.684. The van der Waals surface area contributed by atoms with Crippen LogP contribution in [0.3, 0.4) is 0 Å².